The van der Waals surface area contributed by atoms with E-state index in [1.165, 1.54) is 11.8 Å². The van der Waals surface area contributed by atoms with E-state index in [-0.39, 0.29) is 11.7 Å². The summed E-state index contributed by atoms with van der Waals surface area (Å²) in [6.45, 7) is 0. The van der Waals surface area contributed by atoms with Crippen molar-refractivity contribution in [2.24, 2.45) is 0 Å². The van der Waals surface area contributed by atoms with Crippen molar-refractivity contribution in [1.82, 2.24) is 24.8 Å². The molecule has 8 nitrogen and oxygen atoms in total. The summed E-state index contributed by atoms with van der Waals surface area (Å²) < 4.78 is 6.88. The molecule has 9 heteroatoms. The van der Waals surface area contributed by atoms with E-state index in [1.54, 1.807) is 36.2 Å². The molecule has 0 atom stereocenters. The van der Waals surface area contributed by atoms with Crippen LogP contribution >= 0.6 is 11.8 Å². The van der Waals surface area contributed by atoms with Crippen molar-refractivity contribution in [2.45, 2.75) is 5.16 Å². The number of para-hydroxylation sites is 2. The van der Waals surface area contributed by atoms with E-state index in [2.05, 4.69) is 25.6 Å². The second-order valence-electron chi connectivity index (χ2n) is 5.74. The van der Waals surface area contributed by atoms with Gasteiger partial charge in [0.05, 0.1) is 24.2 Å². The highest BCUT2D eigenvalue weighted by Gasteiger charge is 2.13. The van der Waals surface area contributed by atoms with Crippen LogP contribution in [0.25, 0.3) is 16.9 Å². The Morgan fingerprint density at radius 3 is 2.75 bits per heavy atom. The van der Waals surface area contributed by atoms with Gasteiger partial charge in [-0.25, -0.2) is 0 Å². The normalized spacial score (nSPS) is 10.8. The molecule has 3 aromatic heterocycles. The zero-order valence-electron chi connectivity index (χ0n) is 14.9. The molecule has 3 heterocycles. The molecule has 0 bridgehead atoms. The lowest BCUT2D eigenvalue weighted by Crippen LogP contribution is -2.15. The van der Waals surface area contributed by atoms with Crippen molar-refractivity contribution in [3.05, 3.63) is 60.9 Å². The Balaban J connectivity index is 1.49. The van der Waals surface area contributed by atoms with Gasteiger partial charge in [-0.3, -0.25) is 9.78 Å². The monoisotopic (exact) mass is 392 g/mol. The van der Waals surface area contributed by atoms with E-state index < -0.39 is 0 Å². The highest BCUT2D eigenvalue weighted by atomic mass is 32.2. The molecule has 0 aliphatic heterocycles. The van der Waals surface area contributed by atoms with Crippen molar-refractivity contribution in [2.75, 3.05) is 18.2 Å². The fraction of sp³-hybridized carbons (Fsp3) is 0.105. The number of ether oxygens (including phenoxy) is 1. The van der Waals surface area contributed by atoms with Crippen LogP contribution in [-0.4, -0.2) is 43.6 Å². The van der Waals surface area contributed by atoms with Crippen molar-refractivity contribution in [3.8, 4) is 17.0 Å². The smallest absolute Gasteiger partial charge is 0.234 e. The Hall–Kier alpha value is -3.46. The van der Waals surface area contributed by atoms with Gasteiger partial charge in [0.15, 0.2) is 5.65 Å². The topological polar surface area (TPSA) is 94.3 Å². The number of amides is 1. The maximum atomic E-state index is 12.3. The van der Waals surface area contributed by atoms with E-state index in [0.717, 1.165) is 11.3 Å². The molecule has 0 saturated carbocycles. The van der Waals surface area contributed by atoms with Crippen LogP contribution < -0.4 is 10.1 Å². The van der Waals surface area contributed by atoms with Crippen LogP contribution in [0.3, 0.4) is 0 Å². The number of nitrogens with zero attached hydrogens (tertiary/aromatic N) is 5. The Morgan fingerprint density at radius 2 is 1.93 bits per heavy atom. The highest BCUT2D eigenvalue weighted by molar-refractivity contribution is 7.99. The van der Waals surface area contributed by atoms with E-state index in [0.29, 0.717) is 22.2 Å². The van der Waals surface area contributed by atoms with E-state index in [9.17, 15) is 4.79 Å². The molecule has 0 unspecified atom stereocenters. The molecular weight excluding hydrogens is 376 g/mol. The first-order valence-corrected chi connectivity index (χ1v) is 9.41. The fourth-order valence-corrected chi connectivity index (χ4v) is 3.29. The van der Waals surface area contributed by atoms with Gasteiger partial charge in [0.2, 0.25) is 11.1 Å². The van der Waals surface area contributed by atoms with Crippen LogP contribution in [-0.2, 0) is 4.79 Å². The van der Waals surface area contributed by atoms with Crippen molar-refractivity contribution >= 4 is 29.0 Å². The van der Waals surface area contributed by atoms with Gasteiger partial charge < -0.3 is 10.1 Å². The summed E-state index contributed by atoms with van der Waals surface area (Å²) in [5, 5.41) is 16.2. The predicted molar refractivity (Wildman–Crippen MR) is 106 cm³/mol. The van der Waals surface area contributed by atoms with Crippen LogP contribution in [0.2, 0.25) is 0 Å². The van der Waals surface area contributed by atoms with Gasteiger partial charge in [0.25, 0.3) is 0 Å². The van der Waals surface area contributed by atoms with E-state index in [4.69, 9.17) is 4.74 Å². The summed E-state index contributed by atoms with van der Waals surface area (Å²) in [4.78, 5) is 16.3. The van der Waals surface area contributed by atoms with Gasteiger partial charge in [0, 0.05) is 18.0 Å². The molecule has 0 aliphatic carbocycles. The van der Waals surface area contributed by atoms with Crippen LogP contribution in [0.15, 0.2) is 66.1 Å². The second kappa shape index (κ2) is 8.05. The summed E-state index contributed by atoms with van der Waals surface area (Å²) in [5.41, 5.74) is 2.95. The molecule has 1 aromatic carbocycles. The number of hydrogen-bond donors (Lipinski definition) is 1. The molecule has 1 N–H and O–H groups in total. The van der Waals surface area contributed by atoms with Gasteiger partial charge in [0.1, 0.15) is 5.75 Å². The lowest BCUT2D eigenvalue weighted by molar-refractivity contribution is -0.113. The Morgan fingerprint density at radius 1 is 1.11 bits per heavy atom. The molecular formula is C19H16N6O2S. The van der Waals surface area contributed by atoms with Crippen LogP contribution in [0.4, 0.5) is 5.69 Å². The molecule has 140 valence electrons. The molecule has 0 fully saturated rings. The summed E-state index contributed by atoms with van der Waals surface area (Å²) in [6, 6.07) is 14.7. The number of pyridine rings is 1. The van der Waals surface area contributed by atoms with Gasteiger partial charge in [-0.1, -0.05) is 23.9 Å². The van der Waals surface area contributed by atoms with Gasteiger partial charge in [-0.2, -0.15) is 9.61 Å². The molecule has 0 saturated heterocycles. The number of carbonyl (C=O) groups is 1. The first kappa shape index (κ1) is 17.9. The average Bonchev–Trinajstić information content (AvgIpc) is 3.15. The van der Waals surface area contributed by atoms with Crippen molar-refractivity contribution < 1.29 is 9.53 Å². The fourth-order valence-electron chi connectivity index (χ4n) is 2.60. The number of thioether (sulfide) groups is 1. The summed E-state index contributed by atoms with van der Waals surface area (Å²) >= 11 is 1.26. The summed E-state index contributed by atoms with van der Waals surface area (Å²) in [7, 11) is 1.56. The lowest BCUT2D eigenvalue weighted by Gasteiger charge is -2.09. The molecule has 0 aliphatic rings. The molecule has 0 radical (unpaired) electrons. The average molecular weight is 392 g/mol. The minimum atomic E-state index is -0.170. The summed E-state index contributed by atoms with van der Waals surface area (Å²) in [6.07, 6.45) is 3.43. The van der Waals surface area contributed by atoms with Gasteiger partial charge >= 0.3 is 0 Å². The number of benzene rings is 1. The van der Waals surface area contributed by atoms with Crippen LogP contribution in [0.1, 0.15) is 0 Å². The van der Waals surface area contributed by atoms with E-state index in [1.807, 2.05) is 36.4 Å². The minimum absolute atomic E-state index is 0.167. The Labute approximate surface area is 165 Å². The number of hydrogen-bond acceptors (Lipinski definition) is 7. The third kappa shape index (κ3) is 3.79. The number of aromatic nitrogens is 5. The van der Waals surface area contributed by atoms with Crippen molar-refractivity contribution in [1.29, 1.82) is 0 Å². The Kier molecular flexibility index (Phi) is 5.16. The first-order chi connectivity index (χ1) is 13.7. The third-order valence-electron chi connectivity index (χ3n) is 3.92. The largest absolute Gasteiger partial charge is 0.495 e. The zero-order valence-corrected chi connectivity index (χ0v) is 15.8. The standard InChI is InChI=1S/C19H16N6O2S/c1-27-16-5-3-2-4-15(16)21-18(26)12-28-19-23-22-17-7-6-14(24-25(17)19)13-8-10-20-11-9-13/h2-11H,12H2,1H3,(H,21,26). The highest BCUT2D eigenvalue weighted by Crippen LogP contribution is 2.24. The number of rotatable bonds is 6. The maximum absolute atomic E-state index is 12.3. The molecule has 1 amide bonds. The second-order valence-corrected chi connectivity index (χ2v) is 6.69. The molecule has 28 heavy (non-hydrogen) atoms. The van der Waals surface area contributed by atoms with Crippen LogP contribution in [0.5, 0.6) is 5.75 Å². The predicted octanol–water partition coefficient (Wildman–Crippen LogP) is 2.93. The third-order valence-corrected chi connectivity index (χ3v) is 4.84. The van der Waals surface area contributed by atoms with Crippen LogP contribution in [0, 0.1) is 0 Å². The number of nitrogens with one attached hydrogen (secondary N) is 1. The first-order valence-electron chi connectivity index (χ1n) is 8.43. The summed E-state index contributed by atoms with van der Waals surface area (Å²) in [5.74, 6) is 0.606. The van der Waals surface area contributed by atoms with Crippen molar-refractivity contribution in [3.63, 3.8) is 0 Å². The quantitative estimate of drug-likeness (QED) is 0.504. The zero-order chi connectivity index (χ0) is 19.3. The number of anilines is 1. The molecule has 0 spiro atoms. The SMILES string of the molecule is COc1ccccc1NC(=O)CSc1nnc2ccc(-c3ccncc3)nn12. The maximum Gasteiger partial charge on any atom is 0.234 e. The lowest BCUT2D eigenvalue weighted by atomic mass is 10.2. The Bertz CT molecular complexity index is 1120. The number of fused-ring (bicyclic) bond motifs is 1. The van der Waals surface area contributed by atoms with Gasteiger partial charge in [-0.05, 0) is 36.4 Å². The number of carbonyl (C=O) groups excluding carboxylic acids is 1. The minimum Gasteiger partial charge on any atom is -0.495 e. The number of methoxy groups -OCH3 is 1. The molecule has 4 aromatic rings. The molecule has 4 rings (SSSR count). The van der Waals surface area contributed by atoms with Gasteiger partial charge in [-0.15, -0.1) is 10.2 Å². The van der Waals surface area contributed by atoms with E-state index >= 15 is 0 Å².